The van der Waals surface area contributed by atoms with Crippen LogP contribution < -0.4 is 0 Å². The molecule has 25 heavy (non-hydrogen) atoms. The fourth-order valence-corrected chi connectivity index (χ4v) is 3.70. The van der Waals surface area contributed by atoms with E-state index in [-0.39, 0.29) is 0 Å². The topological polar surface area (TPSA) is 60.0 Å². The lowest BCUT2D eigenvalue weighted by molar-refractivity contribution is 0.148. The third-order valence-corrected chi connectivity index (χ3v) is 5.49. The van der Waals surface area contributed by atoms with E-state index < -0.39 is 0 Å². The lowest BCUT2D eigenvalue weighted by Gasteiger charge is -2.34. The van der Waals surface area contributed by atoms with Crippen molar-refractivity contribution in [3.63, 3.8) is 0 Å². The minimum absolute atomic E-state index is 0.351. The van der Waals surface area contributed by atoms with Crippen molar-refractivity contribution in [3.05, 3.63) is 35.9 Å². The monoisotopic (exact) mass is 339 g/mol. The average Bonchev–Trinajstić information content (AvgIpc) is 3.27. The molecule has 0 aliphatic carbocycles. The second kappa shape index (κ2) is 6.59. The van der Waals surface area contributed by atoms with Crippen LogP contribution in [0.25, 0.3) is 16.9 Å². The summed E-state index contributed by atoms with van der Waals surface area (Å²) in [6, 6.07) is 8.78. The largest absolute Gasteiger partial charge is 0.337 e. The van der Waals surface area contributed by atoms with Gasteiger partial charge in [0.15, 0.2) is 0 Å². The Bertz CT molecular complexity index is 860. The summed E-state index contributed by atoms with van der Waals surface area (Å²) in [6.45, 7) is 8.75. The summed E-state index contributed by atoms with van der Waals surface area (Å²) in [5, 5.41) is 9.91. The highest BCUT2D eigenvalue weighted by atomic mass is 16.5. The van der Waals surface area contributed by atoms with E-state index in [4.69, 9.17) is 4.52 Å². The van der Waals surface area contributed by atoms with Gasteiger partial charge in [-0.05, 0) is 57.4 Å². The van der Waals surface area contributed by atoms with Crippen molar-refractivity contribution in [1.29, 1.82) is 0 Å². The van der Waals surface area contributed by atoms with E-state index >= 15 is 0 Å². The van der Waals surface area contributed by atoms with Crippen LogP contribution >= 0.6 is 0 Å². The predicted molar refractivity (Wildman–Crippen MR) is 97.0 cm³/mol. The normalized spacial score (nSPS) is 18.0. The van der Waals surface area contributed by atoms with E-state index in [2.05, 4.69) is 40.1 Å². The molecule has 2 aromatic heterocycles. The molecule has 1 saturated heterocycles. The maximum atomic E-state index is 5.60. The Hall–Kier alpha value is -2.21. The molecule has 1 fully saturated rings. The number of hydrogen-bond acceptors (Lipinski definition) is 5. The van der Waals surface area contributed by atoms with E-state index in [1.54, 1.807) is 4.68 Å². The number of hydrogen-bond donors (Lipinski definition) is 0. The number of rotatable bonds is 4. The summed E-state index contributed by atoms with van der Waals surface area (Å²) in [6.07, 6.45) is 3.34. The van der Waals surface area contributed by atoms with Crippen molar-refractivity contribution in [1.82, 2.24) is 24.8 Å². The second-order valence-corrected chi connectivity index (χ2v) is 7.01. The summed E-state index contributed by atoms with van der Waals surface area (Å²) in [4.78, 5) is 7.22. The molecule has 0 bridgehead atoms. The Labute approximate surface area is 147 Å². The van der Waals surface area contributed by atoms with Crippen LogP contribution in [0, 0.1) is 6.92 Å². The number of para-hydroxylation sites is 1. The molecule has 0 spiro atoms. The molecular weight excluding hydrogens is 314 g/mol. The Morgan fingerprint density at radius 2 is 2.00 bits per heavy atom. The molecule has 6 heteroatoms. The SMILES string of the molecule is CCC(C)N1CCC(c2nc(-n3nc(C)c4ccccc43)no2)CC1. The molecule has 1 aliphatic heterocycles. The molecule has 0 amide bonds. The molecule has 1 atom stereocenters. The van der Waals surface area contributed by atoms with E-state index in [1.165, 1.54) is 6.42 Å². The van der Waals surface area contributed by atoms with Crippen molar-refractivity contribution in [2.24, 2.45) is 0 Å². The van der Waals surface area contributed by atoms with E-state index in [0.717, 1.165) is 48.4 Å². The molecule has 0 saturated carbocycles. The zero-order valence-electron chi connectivity index (χ0n) is 15.1. The maximum Gasteiger partial charge on any atom is 0.291 e. The Balaban J connectivity index is 1.55. The van der Waals surface area contributed by atoms with Gasteiger partial charge in [0.2, 0.25) is 5.89 Å². The van der Waals surface area contributed by atoms with Crippen LogP contribution in [0.5, 0.6) is 0 Å². The Morgan fingerprint density at radius 3 is 2.76 bits per heavy atom. The number of aryl methyl sites for hydroxylation is 1. The van der Waals surface area contributed by atoms with E-state index in [1.807, 2.05) is 25.1 Å². The number of fused-ring (bicyclic) bond motifs is 1. The van der Waals surface area contributed by atoms with Gasteiger partial charge in [-0.25, -0.2) is 0 Å². The third kappa shape index (κ3) is 2.95. The molecule has 0 N–H and O–H groups in total. The fourth-order valence-electron chi connectivity index (χ4n) is 3.70. The first-order chi connectivity index (χ1) is 12.2. The highest BCUT2D eigenvalue weighted by Crippen LogP contribution is 2.29. The van der Waals surface area contributed by atoms with E-state index in [0.29, 0.717) is 17.9 Å². The van der Waals surface area contributed by atoms with Crippen LogP contribution in [-0.2, 0) is 0 Å². The second-order valence-electron chi connectivity index (χ2n) is 7.01. The Morgan fingerprint density at radius 1 is 1.24 bits per heavy atom. The summed E-state index contributed by atoms with van der Waals surface area (Å²) < 4.78 is 7.38. The van der Waals surface area contributed by atoms with Gasteiger partial charge >= 0.3 is 0 Å². The third-order valence-electron chi connectivity index (χ3n) is 5.49. The highest BCUT2D eigenvalue weighted by Gasteiger charge is 2.27. The molecule has 3 aromatic rings. The fraction of sp³-hybridized carbons (Fsp3) is 0.526. The van der Waals surface area contributed by atoms with Gasteiger partial charge in [-0.1, -0.05) is 25.1 Å². The predicted octanol–water partition coefficient (Wildman–Crippen LogP) is 3.69. The average molecular weight is 339 g/mol. The summed E-state index contributed by atoms with van der Waals surface area (Å²) in [5.41, 5.74) is 1.99. The first-order valence-electron chi connectivity index (χ1n) is 9.19. The Kier molecular flexibility index (Phi) is 4.29. The number of piperidine rings is 1. The molecule has 3 heterocycles. The molecule has 6 nitrogen and oxygen atoms in total. The molecule has 4 rings (SSSR count). The van der Waals surface area contributed by atoms with Crippen molar-refractivity contribution in [3.8, 4) is 5.95 Å². The van der Waals surface area contributed by atoms with Crippen LogP contribution in [0.2, 0.25) is 0 Å². The maximum absolute atomic E-state index is 5.60. The number of benzene rings is 1. The van der Waals surface area contributed by atoms with Gasteiger partial charge in [-0.15, -0.1) is 0 Å². The van der Waals surface area contributed by atoms with Gasteiger partial charge in [0.25, 0.3) is 5.95 Å². The minimum Gasteiger partial charge on any atom is -0.337 e. The summed E-state index contributed by atoms with van der Waals surface area (Å²) in [5.74, 6) is 1.63. The van der Waals surface area contributed by atoms with Gasteiger partial charge < -0.3 is 9.42 Å². The molecule has 132 valence electrons. The zero-order chi connectivity index (χ0) is 17.4. The van der Waals surface area contributed by atoms with Crippen molar-refractivity contribution < 1.29 is 4.52 Å². The lowest BCUT2D eigenvalue weighted by atomic mass is 9.95. The van der Waals surface area contributed by atoms with Crippen LogP contribution in [0.4, 0.5) is 0 Å². The first-order valence-corrected chi connectivity index (χ1v) is 9.19. The quantitative estimate of drug-likeness (QED) is 0.725. The van der Waals surface area contributed by atoms with Crippen LogP contribution in [0.3, 0.4) is 0 Å². The number of aromatic nitrogens is 4. The number of nitrogens with zero attached hydrogens (tertiary/aromatic N) is 5. The minimum atomic E-state index is 0.351. The molecule has 1 aliphatic rings. The van der Waals surface area contributed by atoms with Gasteiger partial charge in [0, 0.05) is 17.3 Å². The lowest BCUT2D eigenvalue weighted by Crippen LogP contribution is -2.39. The van der Waals surface area contributed by atoms with E-state index in [9.17, 15) is 0 Å². The standard InChI is InChI=1S/C19H25N5O/c1-4-13(2)23-11-9-15(10-12-23)18-20-19(22-25-18)24-17-8-6-5-7-16(17)14(3)21-24/h5-8,13,15H,4,9-12H2,1-3H3. The van der Waals surface area contributed by atoms with Gasteiger partial charge in [0.05, 0.1) is 11.2 Å². The smallest absolute Gasteiger partial charge is 0.291 e. The van der Waals surface area contributed by atoms with Crippen molar-refractivity contribution in [2.75, 3.05) is 13.1 Å². The molecule has 1 unspecified atom stereocenters. The van der Waals surface area contributed by atoms with Crippen LogP contribution in [0.1, 0.15) is 50.6 Å². The van der Waals surface area contributed by atoms with Crippen LogP contribution in [0.15, 0.2) is 28.8 Å². The van der Waals surface area contributed by atoms with Crippen LogP contribution in [-0.4, -0.2) is 44.0 Å². The van der Waals surface area contributed by atoms with Crippen molar-refractivity contribution >= 4 is 10.9 Å². The summed E-state index contributed by atoms with van der Waals surface area (Å²) >= 11 is 0. The summed E-state index contributed by atoms with van der Waals surface area (Å²) in [7, 11) is 0. The highest BCUT2D eigenvalue weighted by molar-refractivity contribution is 5.82. The zero-order valence-corrected chi connectivity index (χ0v) is 15.1. The molecule has 1 aromatic carbocycles. The molecule has 0 radical (unpaired) electrons. The van der Waals surface area contributed by atoms with Crippen molar-refractivity contribution in [2.45, 2.75) is 52.0 Å². The number of likely N-dealkylation sites (tertiary alicyclic amines) is 1. The van der Waals surface area contributed by atoms with Gasteiger partial charge in [-0.3, -0.25) is 0 Å². The molecular formula is C19H25N5O. The first kappa shape index (κ1) is 16.3. The van der Waals surface area contributed by atoms with Gasteiger partial charge in [0.1, 0.15) is 0 Å². The van der Waals surface area contributed by atoms with Gasteiger partial charge in [-0.2, -0.15) is 14.8 Å².